The molecule has 0 aliphatic carbocycles. The van der Waals surface area contributed by atoms with Crippen LogP contribution in [0.4, 0.5) is 10.2 Å². The molecule has 3 heterocycles. The van der Waals surface area contributed by atoms with Gasteiger partial charge in [-0.25, -0.2) is 9.37 Å². The second kappa shape index (κ2) is 8.99. The lowest BCUT2D eigenvalue weighted by Crippen LogP contribution is -2.53. The van der Waals surface area contributed by atoms with Crippen LogP contribution < -0.4 is 10.6 Å². The van der Waals surface area contributed by atoms with Gasteiger partial charge in [0.25, 0.3) is 5.91 Å². The summed E-state index contributed by atoms with van der Waals surface area (Å²) in [5.41, 5.74) is 0.415. The summed E-state index contributed by atoms with van der Waals surface area (Å²) in [5, 5.41) is 6.07. The van der Waals surface area contributed by atoms with Gasteiger partial charge in [-0.05, 0) is 51.2 Å². The highest BCUT2D eigenvalue weighted by Crippen LogP contribution is 2.28. The SMILES string of the molecule is CC(=O)C(C)N1CCC(F)(C(=O)NCCCc2ccc3c(n2)NCCC3)CC1. The van der Waals surface area contributed by atoms with E-state index in [1.165, 1.54) is 5.56 Å². The van der Waals surface area contributed by atoms with Crippen molar-refractivity contribution in [1.29, 1.82) is 0 Å². The fraction of sp³-hybridized carbons (Fsp3) is 0.667. The van der Waals surface area contributed by atoms with Crippen LogP contribution in [0, 0.1) is 0 Å². The van der Waals surface area contributed by atoms with Crippen LogP contribution in [0.5, 0.6) is 0 Å². The zero-order valence-corrected chi connectivity index (χ0v) is 16.9. The number of carbonyl (C=O) groups excluding carboxylic acids is 2. The Bertz CT molecular complexity index is 716. The van der Waals surface area contributed by atoms with Gasteiger partial charge in [0.15, 0.2) is 5.67 Å². The lowest BCUT2D eigenvalue weighted by atomic mass is 9.91. The van der Waals surface area contributed by atoms with Gasteiger partial charge in [-0.3, -0.25) is 14.5 Å². The number of carbonyl (C=O) groups is 2. The molecule has 0 saturated carbocycles. The Morgan fingerprint density at radius 1 is 1.36 bits per heavy atom. The second-order valence-corrected chi connectivity index (χ2v) is 7.99. The molecule has 1 aromatic heterocycles. The number of pyridine rings is 1. The molecule has 28 heavy (non-hydrogen) atoms. The Hall–Kier alpha value is -2.02. The molecule has 2 aliphatic heterocycles. The number of halogens is 1. The van der Waals surface area contributed by atoms with Crippen LogP contribution in [0.2, 0.25) is 0 Å². The van der Waals surface area contributed by atoms with E-state index < -0.39 is 11.6 Å². The number of ketones is 1. The lowest BCUT2D eigenvalue weighted by Gasteiger charge is -2.37. The average molecular weight is 391 g/mol. The van der Waals surface area contributed by atoms with Gasteiger partial charge < -0.3 is 10.6 Å². The number of nitrogens with one attached hydrogen (secondary N) is 2. The van der Waals surface area contributed by atoms with Crippen LogP contribution in [0.1, 0.15) is 50.8 Å². The Labute approximate surface area is 166 Å². The van der Waals surface area contributed by atoms with E-state index in [9.17, 15) is 14.0 Å². The zero-order chi connectivity index (χ0) is 20.1. The minimum absolute atomic E-state index is 0.0711. The smallest absolute Gasteiger partial charge is 0.257 e. The number of likely N-dealkylation sites (tertiary alicyclic amines) is 1. The molecule has 7 heteroatoms. The predicted octanol–water partition coefficient (Wildman–Crippen LogP) is 2.27. The number of fused-ring (bicyclic) bond motifs is 1. The normalized spacial score (nSPS) is 20.0. The summed E-state index contributed by atoms with van der Waals surface area (Å²) in [4.78, 5) is 30.4. The van der Waals surface area contributed by atoms with Gasteiger partial charge >= 0.3 is 0 Å². The van der Waals surface area contributed by atoms with Crippen molar-refractivity contribution in [3.63, 3.8) is 0 Å². The van der Waals surface area contributed by atoms with Crippen LogP contribution in [0.15, 0.2) is 12.1 Å². The number of hydrogen-bond donors (Lipinski definition) is 2. The maximum absolute atomic E-state index is 15.0. The van der Waals surface area contributed by atoms with E-state index in [-0.39, 0.29) is 24.7 Å². The minimum atomic E-state index is -1.83. The Kier molecular flexibility index (Phi) is 6.65. The molecule has 0 bridgehead atoms. The highest BCUT2D eigenvalue weighted by Gasteiger charge is 2.42. The summed E-state index contributed by atoms with van der Waals surface area (Å²) >= 11 is 0. The summed E-state index contributed by atoms with van der Waals surface area (Å²) in [7, 11) is 0. The molecular formula is C21H31FN4O2. The molecule has 1 saturated heterocycles. The van der Waals surface area contributed by atoms with Crippen molar-refractivity contribution < 1.29 is 14.0 Å². The third-order valence-corrected chi connectivity index (χ3v) is 5.98. The maximum atomic E-state index is 15.0. The summed E-state index contributed by atoms with van der Waals surface area (Å²) in [6, 6.07) is 3.94. The fourth-order valence-electron chi connectivity index (χ4n) is 3.89. The van der Waals surface area contributed by atoms with E-state index in [0.717, 1.165) is 43.7 Å². The molecule has 0 radical (unpaired) electrons. The molecule has 2 N–H and O–H groups in total. The van der Waals surface area contributed by atoms with E-state index in [1.54, 1.807) is 6.92 Å². The molecule has 0 aromatic carbocycles. The first-order valence-electron chi connectivity index (χ1n) is 10.3. The Balaban J connectivity index is 1.41. The van der Waals surface area contributed by atoms with Crippen molar-refractivity contribution in [1.82, 2.24) is 15.2 Å². The van der Waals surface area contributed by atoms with E-state index >= 15 is 0 Å². The van der Waals surface area contributed by atoms with E-state index in [2.05, 4.69) is 21.7 Å². The molecular weight excluding hydrogens is 359 g/mol. The molecule has 2 aliphatic rings. The van der Waals surface area contributed by atoms with Crippen molar-refractivity contribution in [2.75, 3.05) is 31.5 Å². The first kappa shape index (κ1) is 20.7. The van der Waals surface area contributed by atoms with Crippen LogP contribution >= 0.6 is 0 Å². The molecule has 0 spiro atoms. The van der Waals surface area contributed by atoms with Gasteiger partial charge in [-0.15, -0.1) is 0 Å². The first-order chi connectivity index (χ1) is 13.4. The van der Waals surface area contributed by atoms with Crippen molar-refractivity contribution >= 4 is 17.5 Å². The van der Waals surface area contributed by atoms with Crippen LogP contribution in [0.3, 0.4) is 0 Å². The Morgan fingerprint density at radius 3 is 2.82 bits per heavy atom. The van der Waals surface area contributed by atoms with E-state index in [0.29, 0.717) is 19.6 Å². The molecule has 1 fully saturated rings. The molecule has 1 amide bonds. The number of hydrogen-bond acceptors (Lipinski definition) is 5. The van der Waals surface area contributed by atoms with Crippen LogP contribution in [0.25, 0.3) is 0 Å². The summed E-state index contributed by atoms with van der Waals surface area (Å²) in [6.45, 7) is 5.62. The average Bonchev–Trinajstić information content (AvgIpc) is 2.71. The zero-order valence-electron chi connectivity index (χ0n) is 16.9. The van der Waals surface area contributed by atoms with Gasteiger partial charge in [-0.2, -0.15) is 0 Å². The number of alkyl halides is 1. The maximum Gasteiger partial charge on any atom is 0.257 e. The van der Waals surface area contributed by atoms with Crippen molar-refractivity contribution in [3.05, 3.63) is 23.4 Å². The first-order valence-corrected chi connectivity index (χ1v) is 10.3. The quantitative estimate of drug-likeness (QED) is 0.699. The van der Waals surface area contributed by atoms with Gasteiger partial charge in [0.2, 0.25) is 0 Å². The lowest BCUT2D eigenvalue weighted by molar-refractivity contribution is -0.137. The minimum Gasteiger partial charge on any atom is -0.370 e. The largest absolute Gasteiger partial charge is 0.370 e. The molecule has 6 nitrogen and oxygen atoms in total. The molecule has 3 rings (SSSR count). The monoisotopic (exact) mass is 390 g/mol. The number of piperidine rings is 1. The van der Waals surface area contributed by atoms with Crippen LogP contribution in [-0.2, 0) is 22.4 Å². The fourth-order valence-corrected chi connectivity index (χ4v) is 3.89. The van der Waals surface area contributed by atoms with Crippen LogP contribution in [-0.4, -0.2) is 59.5 Å². The molecule has 1 unspecified atom stereocenters. The second-order valence-electron chi connectivity index (χ2n) is 7.99. The van der Waals surface area contributed by atoms with Gasteiger partial charge in [-0.1, -0.05) is 6.07 Å². The molecule has 1 atom stereocenters. The third kappa shape index (κ3) is 4.87. The highest BCUT2D eigenvalue weighted by atomic mass is 19.1. The van der Waals surface area contributed by atoms with Crippen molar-refractivity contribution in [2.24, 2.45) is 0 Å². The topological polar surface area (TPSA) is 74.3 Å². The number of rotatable bonds is 7. The number of Topliss-reactive ketones (excluding diaryl/α,β-unsaturated/α-hetero) is 1. The van der Waals surface area contributed by atoms with E-state index in [1.807, 2.05) is 17.9 Å². The molecule has 154 valence electrons. The molecule has 1 aromatic rings. The van der Waals surface area contributed by atoms with Crippen molar-refractivity contribution in [3.8, 4) is 0 Å². The number of aromatic nitrogens is 1. The highest BCUT2D eigenvalue weighted by molar-refractivity contribution is 5.85. The van der Waals surface area contributed by atoms with Gasteiger partial charge in [0.05, 0.1) is 6.04 Å². The van der Waals surface area contributed by atoms with Gasteiger partial charge in [0, 0.05) is 44.7 Å². The number of aryl methyl sites for hydroxylation is 2. The predicted molar refractivity (Wildman–Crippen MR) is 107 cm³/mol. The number of amides is 1. The Morgan fingerprint density at radius 2 is 2.11 bits per heavy atom. The summed E-state index contributed by atoms with van der Waals surface area (Å²) in [5.74, 6) is 0.520. The summed E-state index contributed by atoms with van der Waals surface area (Å²) in [6.07, 6.45) is 3.94. The van der Waals surface area contributed by atoms with Crippen molar-refractivity contribution in [2.45, 2.75) is 64.1 Å². The van der Waals surface area contributed by atoms with E-state index in [4.69, 9.17) is 0 Å². The number of anilines is 1. The standard InChI is InChI=1S/C21H31FN4O2/c1-15(16(2)27)26-13-9-21(22,10-14-26)20(28)24-12-4-6-18-8-7-17-5-3-11-23-19(17)25-18/h7-8,15H,3-6,9-14H2,1-2H3,(H,23,25)(H,24,28). The summed E-state index contributed by atoms with van der Waals surface area (Å²) < 4.78 is 15.0. The van der Waals surface area contributed by atoms with Gasteiger partial charge in [0.1, 0.15) is 11.6 Å². The third-order valence-electron chi connectivity index (χ3n) is 5.98. The number of nitrogens with zero attached hydrogens (tertiary/aromatic N) is 2.